The van der Waals surface area contributed by atoms with E-state index in [4.69, 9.17) is 16.3 Å². The highest BCUT2D eigenvalue weighted by molar-refractivity contribution is 6.31. The van der Waals surface area contributed by atoms with Crippen molar-refractivity contribution < 1.29 is 9.53 Å². The van der Waals surface area contributed by atoms with Crippen LogP contribution >= 0.6 is 11.6 Å². The second-order valence-electron chi connectivity index (χ2n) is 6.13. The van der Waals surface area contributed by atoms with Gasteiger partial charge < -0.3 is 14.5 Å². The molecular weight excluding hydrogens is 336 g/mol. The van der Waals surface area contributed by atoms with Crippen molar-refractivity contribution >= 4 is 17.5 Å². The first-order chi connectivity index (χ1) is 12.2. The number of piperazine rings is 1. The number of likely N-dealkylation sites (N-methyl/N-ethyl adjacent to an activating group) is 1. The lowest BCUT2D eigenvalue weighted by Crippen LogP contribution is -2.48. The van der Waals surface area contributed by atoms with Crippen LogP contribution in [0.3, 0.4) is 0 Å². The predicted octanol–water partition coefficient (Wildman–Crippen LogP) is 3.70. The summed E-state index contributed by atoms with van der Waals surface area (Å²) in [6.45, 7) is 7.07. The molecule has 1 aliphatic heterocycles. The summed E-state index contributed by atoms with van der Waals surface area (Å²) in [5.74, 6) is 0.820. The van der Waals surface area contributed by atoms with Gasteiger partial charge in [0.25, 0.3) is 5.91 Å². The number of hydrogen-bond donors (Lipinski definition) is 0. The minimum atomic E-state index is 0.0911. The fourth-order valence-electron chi connectivity index (χ4n) is 2.92. The summed E-state index contributed by atoms with van der Waals surface area (Å²) in [7, 11) is 0. The lowest BCUT2D eigenvalue weighted by atomic mass is 10.1. The highest BCUT2D eigenvalue weighted by atomic mass is 35.5. The molecular formula is C20H23ClN2O2. The predicted molar refractivity (Wildman–Crippen MR) is 100 cm³/mol. The highest BCUT2D eigenvalue weighted by Gasteiger charge is 2.21. The van der Waals surface area contributed by atoms with Gasteiger partial charge in [0.2, 0.25) is 0 Å². The Bertz CT molecular complexity index is 710. The van der Waals surface area contributed by atoms with Gasteiger partial charge in [-0.2, -0.15) is 0 Å². The third-order valence-electron chi connectivity index (χ3n) is 4.56. The minimum absolute atomic E-state index is 0.0911. The maximum atomic E-state index is 12.6. The van der Waals surface area contributed by atoms with E-state index in [0.29, 0.717) is 17.2 Å². The monoisotopic (exact) mass is 358 g/mol. The first-order valence-corrected chi connectivity index (χ1v) is 9.03. The number of hydrogen-bond acceptors (Lipinski definition) is 3. The van der Waals surface area contributed by atoms with E-state index in [1.165, 1.54) is 0 Å². The molecule has 0 radical (unpaired) electrons. The summed E-state index contributed by atoms with van der Waals surface area (Å²) in [5.41, 5.74) is 1.65. The first kappa shape index (κ1) is 17.8. The normalized spacial score (nSPS) is 15.2. The Morgan fingerprint density at radius 3 is 2.36 bits per heavy atom. The van der Waals surface area contributed by atoms with Gasteiger partial charge in [0.05, 0.1) is 0 Å². The Kier molecular flexibility index (Phi) is 5.95. The minimum Gasteiger partial charge on any atom is -0.489 e. The van der Waals surface area contributed by atoms with Gasteiger partial charge in [0.15, 0.2) is 0 Å². The number of carbonyl (C=O) groups is 1. The number of amides is 1. The van der Waals surface area contributed by atoms with Crippen molar-refractivity contribution in [2.75, 3.05) is 32.7 Å². The summed E-state index contributed by atoms with van der Waals surface area (Å²) in [6.07, 6.45) is 0. The fourth-order valence-corrected chi connectivity index (χ4v) is 3.11. The van der Waals surface area contributed by atoms with E-state index in [1.807, 2.05) is 53.4 Å². The second-order valence-corrected chi connectivity index (χ2v) is 6.54. The van der Waals surface area contributed by atoms with Crippen LogP contribution in [0.4, 0.5) is 0 Å². The molecule has 1 saturated heterocycles. The molecule has 0 spiro atoms. The standard InChI is InChI=1S/C20H23ClN2O2/c1-2-22-11-13-23(14-12-22)20(24)16-7-9-18(10-8-16)25-15-17-5-3-4-6-19(17)21/h3-10H,2,11-15H2,1H3. The van der Waals surface area contributed by atoms with Crippen molar-refractivity contribution in [1.29, 1.82) is 0 Å². The van der Waals surface area contributed by atoms with Crippen molar-refractivity contribution in [3.63, 3.8) is 0 Å². The molecule has 1 aliphatic rings. The number of carbonyl (C=O) groups excluding carboxylic acids is 1. The summed E-state index contributed by atoms with van der Waals surface area (Å²) in [4.78, 5) is 16.9. The number of rotatable bonds is 5. The molecule has 4 nitrogen and oxygen atoms in total. The van der Waals surface area contributed by atoms with Gasteiger partial charge in [0.1, 0.15) is 12.4 Å². The molecule has 0 aliphatic carbocycles. The van der Waals surface area contributed by atoms with Gasteiger partial charge in [-0.1, -0.05) is 36.7 Å². The molecule has 5 heteroatoms. The maximum absolute atomic E-state index is 12.6. The molecule has 0 aromatic heterocycles. The van der Waals surface area contributed by atoms with Crippen molar-refractivity contribution in [2.24, 2.45) is 0 Å². The van der Waals surface area contributed by atoms with Crippen LogP contribution in [0, 0.1) is 0 Å². The summed E-state index contributed by atoms with van der Waals surface area (Å²) in [6, 6.07) is 15.0. The molecule has 132 valence electrons. The van der Waals surface area contributed by atoms with Crippen LogP contribution in [-0.4, -0.2) is 48.4 Å². The Hall–Kier alpha value is -2.04. The van der Waals surface area contributed by atoms with Gasteiger partial charge in [0, 0.05) is 42.3 Å². The molecule has 3 rings (SSSR count). The van der Waals surface area contributed by atoms with Crippen LogP contribution < -0.4 is 4.74 Å². The second kappa shape index (κ2) is 8.37. The third kappa shape index (κ3) is 4.53. The summed E-state index contributed by atoms with van der Waals surface area (Å²) < 4.78 is 5.77. The molecule has 0 unspecified atom stereocenters. The number of ether oxygens (including phenoxy) is 1. The van der Waals surface area contributed by atoms with E-state index in [0.717, 1.165) is 44.0 Å². The smallest absolute Gasteiger partial charge is 0.253 e. The number of halogens is 1. The average molecular weight is 359 g/mol. The molecule has 0 bridgehead atoms. The first-order valence-electron chi connectivity index (χ1n) is 8.65. The van der Waals surface area contributed by atoms with Crippen molar-refractivity contribution in [1.82, 2.24) is 9.80 Å². The highest BCUT2D eigenvalue weighted by Crippen LogP contribution is 2.19. The van der Waals surface area contributed by atoms with Crippen molar-refractivity contribution in [3.8, 4) is 5.75 Å². The fraction of sp³-hybridized carbons (Fsp3) is 0.350. The Balaban J connectivity index is 1.57. The Morgan fingerprint density at radius 1 is 1.04 bits per heavy atom. The van der Waals surface area contributed by atoms with E-state index in [-0.39, 0.29) is 5.91 Å². The van der Waals surface area contributed by atoms with Gasteiger partial charge in [-0.25, -0.2) is 0 Å². The van der Waals surface area contributed by atoms with E-state index in [1.54, 1.807) is 0 Å². The molecule has 1 heterocycles. The average Bonchev–Trinajstić information content (AvgIpc) is 2.67. The third-order valence-corrected chi connectivity index (χ3v) is 4.93. The lowest BCUT2D eigenvalue weighted by Gasteiger charge is -2.34. The molecule has 0 N–H and O–H groups in total. The van der Waals surface area contributed by atoms with Crippen LogP contribution in [0.2, 0.25) is 5.02 Å². The molecule has 1 amide bonds. The van der Waals surface area contributed by atoms with Gasteiger partial charge >= 0.3 is 0 Å². The Morgan fingerprint density at radius 2 is 1.72 bits per heavy atom. The van der Waals surface area contributed by atoms with Crippen LogP contribution in [0.25, 0.3) is 0 Å². The SMILES string of the molecule is CCN1CCN(C(=O)c2ccc(OCc3ccccc3Cl)cc2)CC1. The van der Waals surface area contributed by atoms with E-state index in [2.05, 4.69) is 11.8 Å². The summed E-state index contributed by atoms with van der Waals surface area (Å²) >= 11 is 6.13. The van der Waals surface area contributed by atoms with E-state index >= 15 is 0 Å². The number of benzene rings is 2. The molecule has 25 heavy (non-hydrogen) atoms. The molecule has 1 fully saturated rings. The Labute approximate surface area is 154 Å². The van der Waals surface area contributed by atoms with Crippen LogP contribution in [-0.2, 0) is 6.61 Å². The van der Waals surface area contributed by atoms with Crippen LogP contribution in [0.1, 0.15) is 22.8 Å². The summed E-state index contributed by atoms with van der Waals surface area (Å²) in [5, 5.41) is 0.695. The topological polar surface area (TPSA) is 32.8 Å². The zero-order valence-electron chi connectivity index (χ0n) is 14.5. The lowest BCUT2D eigenvalue weighted by molar-refractivity contribution is 0.0643. The maximum Gasteiger partial charge on any atom is 0.253 e. The van der Waals surface area contributed by atoms with Gasteiger partial charge in [-0.05, 0) is 36.9 Å². The molecule has 0 atom stereocenters. The van der Waals surface area contributed by atoms with Crippen LogP contribution in [0.15, 0.2) is 48.5 Å². The van der Waals surface area contributed by atoms with Crippen molar-refractivity contribution in [2.45, 2.75) is 13.5 Å². The van der Waals surface area contributed by atoms with E-state index < -0.39 is 0 Å². The quantitative estimate of drug-likeness (QED) is 0.817. The molecule has 2 aromatic rings. The largest absolute Gasteiger partial charge is 0.489 e. The van der Waals surface area contributed by atoms with Crippen molar-refractivity contribution in [3.05, 3.63) is 64.7 Å². The zero-order valence-corrected chi connectivity index (χ0v) is 15.2. The van der Waals surface area contributed by atoms with E-state index in [9.17, 15) is 4.79 Å². The van der Waals surface area contributed by atoms with Gasteiger partial charge in [-0.3, -0.25) is 4.79 Å². The van der Waals surface area contributed by atoms with Crippen LogP contribution in [0.5, 0.6) is 5.75 Å². The molecule has 0 saturated carbocycles. The zero-order chi connectivity index (χ0) is 17.6. The molecule has 2 aromatic carbocycles. The number of nitrogens with zero attached hydrogens (tertiary/aromatic N) is 2. The van der Waals surface area contributed by atoms with Gasteiger partial charge in [-0.15, -0.1) is 0 Å².